The second-order valence-corrected chi connectivity index (χ2v) is 6.53. The quantitative estimate of drug-likeness (QED) is 0.908. The molecule has 2 aliphatic rings. The van der Waals surface area contributed by atoms with Gasteiger partial charge in [-0.3, -0.25) is 4.68 Å². The van der Waals surface area contributed by atoms with Crippen LogP contribution in [0.1, 0.15) is 61.7 Å². The molecule has 1 unspecified atom stereocenters. The summed E-state index contributed by atoms with van der Waals surface area (Å²) in [5.41, 5.74) is 2.72. The van der Waals surface area contributed by atoms with E-state index in [1.54, 1.807) is 0 Å². The Kier molecular flexibility index (Phi) is 3.76. The summed E-state index contributed by atoms with van der Waals surface area (Å²) >= 11 is 3.84. The molecule has 1 saturated carbocycles. The summed E-state index contributed by atoms with van der Waals surface area (Å²) in [6.07, 6.45) is 7.96. The first-order valence-electron chi connectivity index (χ1n) is 7.20. The van der Waals surface area contributed by atoms with Crippen molar-refractivity contribution in [3.05, 3.63) is 15.9 Å². The molecule has 3 rings (SSSR count). The van der Waals surface area contributed by atoms with Gasteiger partial charge in [0.15, 0.2) is 0 Å². The van der Waals surface area contributed by atoms with E-state index < -0.39 is 0 Å². The lowest BCUT2D eigenvalue weighted by Gasteiger charge is -2.21. The molecule has 0 aromatic carbocycles. The highest BCUT2D eigenvalue weighted by atomic mass is 79.9. The molecule has 1 saturated heterocycles. The largest absolute Gasteiger partial charge is 0.316 e. The van der Waals surface area contributed by atoms with Crippen molar-refractivity contribution in [2.75, 3.05) is 13.1 Å². The van der Waals surface area contributed by atoms with Crippen LogP contribution in [0.25, 0.3) is 0 Å². The van der Waals surface area contributed by atoms with Gasteiger partial charge < -0.3 is 5.32 Å². The summed E-state index contributed by atoms with van der Waals surface area (Å²) < 4.78 is 3.43. The molecule has 1 aromatic rings. The van der Waals surface area contributed by atoms with Crippen LogP contribution in [0.4, 0.5) is 0 Å². The molecule has 2 fully saturated rings. The zero-order valence-corrected chi connectivity index (χ0v) is 12.7. The molecule has 3 nitrogen and oxygen atoms in total. The topological polar surface area (TPSA) is 29.9 Å². The third kappa shape index (κ3) is 2.25. The SMILES string of the molecule is Cn1nc(C2CCCNC2)c(Br)c1C1CCCC1. The highest BCUT2D eigenvalue weighted by molar-refractivity contribution is 9.10. The first kappa shape index (κ1) is 12.7. The Morgan fingerprint density at radius 2 is 1.89 bits per heavy atom. The Morgan fingerprint density at radius 3 is 2.56 bits per heavy atom. The summed E-state index contributed by atoms with van der Waals surface area (Å²) in [5.74, 6) is 1.32. The molecule has 4 heteroatoms. The third-order valence-corrected chi connectivity index (χ3v) is 5.29. The van der Waals surface area contributed by atoms with Gasteiger partial charge in [-0.05, 0) is 48.2 Å². The summed E-state index contributed by atoms with van der Waals surface area (Å²) in [4.78, 5) is 0. The molecule has 0 radical (unpaired) electrons. The number of nitrogens with zero attached hydrogens (tertiary/aromatic N) is 2. The number of hydrogen-bond donors (Lipinski definition) is 1. The van der Waals surface area contributed by atoms with E-state index in [1.165, 1.54) is 54.4 Å². The average Bonchev–Trinajstić information content (AvgIpc) is 2.99. The monoisotopic (exact) mass is 311 g/mol. The molecule has 100 valence electrons. The van der Waals surface area contributed by atoms with Crippen molar-refractivity contribution >= 4 is 15.9 Å². The maximum absolute atomic E-state index is 4.81. The van der Waals surface area contributed by atoms with E-state index in [0.717, 1.165) is 19.0 Å². The normalized spacial score (nSPS) is 25.8. The summed E-state index contributed by atoms with van der Waals surface area (Å²) in [7, 11) is 2.11. The van der Waals surface area contributed by atoms with Crippen LogP contribution in [-0.2, 0) is 7.05 Å². The first-order chi connectivity index (χ1) is 8.77. The van der Waals surface area contributed by atoms with Crippen LogP contribution in [0.5, 0.6) is 0 Å². The van der Waals surface area contributed by atoms with Crippen molar-refractivity contribution in [2.24, 2.45) is 7.05 Å². The number of aromatic nitrogens is 2. The fraction of sp³-hybridized carbons (Fsp3) is 0.786. The highest BCUT2D eigenvalue weighted by Crippen LogP contribution is 2.40. The van der Waals surface area contributed by atoms with Gasteiger partial charge in [-0.25, -0.2) is 0 Å². The van der Waals surface area contributed by atoms with Gasteiger partial charge in [0.2, 0.25) is 0 Å². The molecule has 1 N–H and O–H groups in total. The minimum absolute atomic E-state index is 0.592. The molecule has 0 bridgehead atoms. The second-order valence-electron chi connectivity index (χ2n) is 5.73. The minimum atomic E-state index is 0.592. The average molecular weight is 312 g/mol. The Hall–Kier alpha value is -0.350. The smallest absolute Gasteiger partial charge is 0.0813 e. The number of aryl methyl sites for hydroxylation is 1. The van der Waals surface area contributed by atoms with Gasteiger partial charge in [0.25, 0.3) is 0 Å². The minimum Gasteiger partial charge on any atom is -0.316 e. The van der Waals surface area contributed by atoms with Crippen LogP contribution in [0.2, 0.25) is 0 Å². The number of halogens is 1. The highest BCUT2D eigenvalue weighted by Gasteiger charge is 2.28. The van der Waals surface area contributed by atoms with Crippen molar-refractivity contribution in [1.29, 1.82) is 0 Å². The van der Waals surface area contributed by atoms with E-state index >= 15 is 0 Å². The van der Waals surface area contributed by atoms with Gasteiger partial charge in [0.1, 0.15) is 0 Å². The van der Waals surface area contributed by atoms with E-state index in [0.29, 0.717) is 5.92 Å². The fourth-order valence-corrected chi connectivity index (χ4v) is 4.50. The number of piperidine rings is 1. The van der Waals surface area contributed by atoms with Crippen molar-refractivity contribution in [2.45, 2.75) is 50.4 Å². The van der Waals surface area contributed by atoms with Gasteiger partial charge in [-0.15, -0.1) is 0 Å². The van der Waals surface area contributed by atoms with Gasteiger partial charge in [-0.2, -0.15) is 5.10 Å². The Balaban J connectivity index is 1.89. The summed E-state index contributed by atoms with van der Waals surface area (Å²) in [6, 6.07) is 0. The molecule has 18 heavy (non-hydrogen) atoms. The zero-order chi connectivity index (χ0) is 12.5. The molecule has 2 heterocycles. The van der Waals surface area contributed by atoms with Crippen LogP contribution in [0.15, 0.2) is 4.47 Å². The van der Waals surface area contributed by atoms with Gasteiger partial charge >= 0.3 is 0 Å². The van der Waals surface area contributed by atoms with Crippen LogP contribution in [0.3, 0.4) is 0 Å². The number of nitrogens with one attached hydrogen (secondary N) is 1. The molecule has 1 atom stereocenters. The Bertz CT molecular complexity index is 415. The molecular weight excluding hydrogens is 290 g/mol. The van der Waals surface area contributed by atoms with Gasteiger partial charge in [0.05, 0.1) is 15.9 Å². The second kappa shape index (κ2) is 5.33. The molecule has 0 amide bonds. The molecule has 1 aromatic heterocycles. The van der Waals surface area contributed by atoms with Crippen LogP contribution >= 0.6 is 15.9 Å². The predicted molar refractivity (Wildman–Crippen MR) is 77.0 cm³/mol. The van der Waals surface area contributed by atoms with Gasteiger partial charge in [-0.1, -0.05) is 12.8 Å². The lowest BCUT2D eigenvalue weighted by molar-refractivity contribution is 0.450. The standard InChI is InChI=1S/C14H22BrN3/c1-18-14(10-5-2-3-6-10)12(15)13(17-18)11-7-4-8-16-9-11/h10-11,16H,2-9H2,1H3. The molecular formula is C14H22BrN3. The predicted octanol–water partition coefficient (Wildman–Crippen LogP) is 3.31. The Morgan fingerprint density at radius 1 is 1.17 bits per heavy atom. The molecule has 1 aliphatic carbocycles. The van der Waals surface area contributed by atoms with E-state index in [-0.39, 0.29) is 0 Å². The maximum atomic E-state index is 4.81. The number of rotatable bonds is 2. The van der Waals surface area contributed by atoms with Crippen molar-refractivity contribution in [3.63, 3.8) is 0 Å². The fourth-order valence-electron chi connectivity index (χ4n) is 3.52. The molecule has 1 aliphatic heterocycles. The Labute approximate surface area is 117 Å². The number of hydrogen-bond acceptors (Lipinski definition) is 2. The van der Waals surface area contributed by atoms with Gasteiger partial charge in [0, 0.05) is 25.4 Å². The van der Waals surface area contributed by atoms with Crippen LogP contribution < -0.4 is 5.32 Å². The molecule has 0 spiro atoms. The first-order valence-corrected chi connectivity index (χ1v) is 7.99. The zero-order valence-electron chi connectivity index (χ0n) is 11.1. The van der Waals surface area contributed by atoms with E-state index in [1.807, 2.05) is 0 Å². The van der Waals surface area contributed by atoms with Crippen LogP contribution in [0, 0.1) is 0 Å². The summed E-state index contributed by atoms with van der Waals surface area (Å²) in [5, 5.41) is 8.30. The lowest BCUT2D eigenvalue weighted by Crippen LogP contribution is -2.28. The van der Waals surface area contributed by atoms with Crippen molar-refractivity contribution < 1.29 is 0 Å². The third-order valence-electron chi connectivity index (χ3n) is 4.48. The van der Waals surface area contributed by atoms with E-state index in [4.69, 9.17) is 5.10 Å². The van der Waals surface area contributed by atoms with Crippen LogP contribution in [-0.4, -0.2) is 22.9 Å². The van der Waals surface area contributed by atoms with E-state index in [9.17, 15) is 0 Å². The maximum Gasteiger partial charge on any atom is 0.0813 e. The van der Waals surface area contributed by atoms with Crippen molar-refractivity contribution in [1.82, 2.24) is 15.1 Å². The van der Waals surface area contributed by atoms with Crippen molar-refractivity contribution in [3.8, 4) is 0 Å². The van der Waals surface area contributed by atoms with E-state index in [2.05, 4.69) is 33.0 Å². The lowest BCUT2D eigenvalue weighted by atomic mass is 9.95. The summed E-state index contributed by atoms with van der Waals surface area (Å²) in [6.45, 7) is 2.25.